The molecule has 0 saturated heterocycles. The van der Waals surface area contributed by atoms with Gasteiger partial charge in [-0.2, -0.15) is 0 Å². The second-order valence-electron chi connectivity index (χ2n) is 5.35. The third-order valence-corrected chi connectivity index (χ3v) is 5.10. The summed E-state index contributed by atoms with van der Waals surface area (Å²) in [7, 11) is -2.12. The summed E-state index contributed by atoms with van der Waals surface area (Å²) in [6.45, 7) is 0. The van der Waals surface area contributed by atoms with Gasteiger partial charge in [-0.3, -0.25) is 4.72 Å². The van der Waals surface area contributed by atoms with Gasteiger partial charge in [0.2, 0.25) is 0 Å². The Balaban J connectivity index is 1.71. The lowest BCUT2D eigenvalue weighted by molar-refractivity contribution is 0.415. The van der Waals surface area contributed by atoms with E-state index in [0.717, 1.165) is 11.4 Å². The minimum absolute atomic E-state index is 0.0884. The van der Waals surface area contributed by atoms with Crippen LogP contribution in [-0.2, 0) is 10.0 Å². The van der Waals surface area contributed by atoms with E-state index in [1.165, 1.54) is 18.3 Å². The van der Waals surface area contributed by atoms with E-state index in [2.05, 4.69) is 15.0 Å². The van der Waals surface area contributed by atoms with Crippen molar-refractivity contribution < 1.29 is 13.2 Å². The monoisotopic (exact) mass is 389 g/mol. The number of nitrogens with one attached hydrogen (secondary N) is 2. The molecule has 0 aliphatic carbocycles. The first-order valence-electron chi connectivity index (χ1n) is 7.62. The number of pyridine rings is 1. The lowest BCUT2D eigenvalue weighted by atomic mass is 10.3. The lowest BCUT2D eigenvalue weighted by Gasteiger charge is -2.10. The van der Waals surface area contributed by atoms with E-state index in [4.69, 9.17) is 16.3 Å². The molecule has 0 aliphatic rings. The van der Waals surface area contributed by atoms with Crippen LogP contribution < -0.4 is 14.8 Å². The van der Waals surface area contributed by atoms with E-state index in [1.54, 1.807) is 31.4 Å². The number of anilines is 3. The molecule has 6 nitrogen and oxygen atoms in total. The van der Waals surface area contributed by atoms with Gasteiger partial charge < -0.3 is 10.1 Å². The van der Waals surface area contributed by atoms with Crippen LogP contribution in [0.2, 0.25) is 5.02 Å². The van der Waals surface area contributed by atoms with E-state index >= 15 is 0 Å². The summed E-state index contributed by atoms with van der Waals surface area (Å²) in [6.07, 6.45) is 1.44. The summed E-state index contributed by atoms with van der Waals surface area (Å²) in [6, 6.07) is 16.7. The molecule has 26 heavy (non-hydrogen) atoms. The maximum absolute atomic E-state index is 12.4. The number of benzene rings is 2. The number of ether oxygens (including phenoxy) is 1. The number of rotatable bonds is 6. The van der Waals surface area contributed by atoms with Gasteiger partial charge in [-0.15, -0.1) is 0 Å². The number of hydrogen-bond donors (Lipinski definition) is 2. The first-order valence-corrected chi connectivity index (χ1v) is 9.48. The van der Waals surface area contributed by atoms with Crippen LogP contribution in [0.15, 0.2) is 71.8 Å². The van der Waals surface area contributed by atoms with Crippen molar-refractivity contribution >= 4 is 38.8 Å². The average Bonchev–Trinajstić information content (AvgIpc) is 2.64. The fourth-order valence-electron chi connectivity index (χ4n) is 2.20. The summed E-state index contributed by atoms with van der Waals surface area (Å²) in [4.78, 5) is 4.30. The Morgan fingerprint density at radius 1 is 1.00 bits per heavy atom. The SMILES string of the molecule is COc1ccc(Nc2ccc(NS(=O)(=O)c3cccc(Cl)c3)cn2)cc1. The van der Waals surface area contributed by atoms with Crippen molar-refractivity contribution in [2.45, 2.75) is 4.90 Å². The van der Waals surface area contributed by atoms with Crippen molar-refractivity contribution in [1.82, 2.24) is 4.98 Å². The molecular weight excluding hydrogens is 374 g/mol. The Labute approximate surface area is 156 Å². The average molecular weight is 390 g/mol. The molecule has 0 bridgehead atoms. The fourth-order valence-corrected chi connectivity index (χ4v) is 3.54. The van der Waals surface area contributed by atoms with Crippen LogP contribution in [0.5, 0.6) is 5.75 Å². The van der Waals surface area contributed by atoms with Gasteiger partial charge >= 0.3 is 0 Å². The molecule has 0 fully saturated rings. The minimum Gasteiger partial charge on any atom is -0.497 e. The van der Waals surface area contributed by atoms with E-state index in [0.29, 0.717) is 16.5 Å². The number of aromatic nitrogens is 1. The highest BCUT2D eigenvalue weighted by atomic mass is 35.5. The summed E-state index contributed by atoms with van der Waals surface area (Å²) in [5, 5.41) is 3.47. The van der Waals surface area contributed by atoms with Gasteiger partial charge in [0.1, 0.15) is 11.6 Å². The Hall–Kier alpha value is -2.77. The van der Waals surface area contributed by atoms with Crippen molar-refractivity contribution in [2.75, 3.05) is 17.1 Å². The van der Waals surface area contributed by atoms with Crippen LogP contribution in [0.1, 0.15) is 0 Å². The van der Waals surface area contributed by atoms with E-state index in [9.17, 15) is 8.42 Å². The van der Waals surface area contributed by atoms with Crippen molar-refractivity contribution in [2.24, 2.45) is 0 Å². The van der Waals surface area contributed by atoms with Gasteiger partial charge in [-0.05, 0) is 54.6 Å². The molecule has 8 heteroatoms. The highest BCUT2D eigenvalue weighted by Crippen LogP contribution is 2.22. The molecule has 3 aromatic rings. The number of halogens is 1. The molecule has 0 atom stereocenters. The molecule has 0 aliphatic heterocycles. The summed E-state index contributed by atoms with van der Waals surface area (Å²) >= 11 is 5.85. The van der Waals surface area contributed by atoms with E-state index in [1.807, 2.05) is 24.3 Å². The van der Waals surface area contributed by atoms with Crippen LogP contribution in [0.3, 0.4) is 0 Å². The summed E-state index contributed by atoms with van der Waals surface area (Å²) in [5.41, 5.74) is 1.19. The first kappa shape index (κ1) is 18.0. The van der Waals surface area contributed by atoms with Crippen molar-refractivity contribution in [3.8, 4) is 5.75 Å². The molecule has 2 N–H and O–H groups in total. The Morgan fingerprint density at radius 3 is 2.35 bits per heavy atom. The van der Waals surface area contributed by atoms with Gasteiger partial charge in [-0.25, -0.2) is 13.4 Å². The van der Waals surface area contributed by atoms with E-state index in [-0.39, 0.29) is 4.90 Å². The van der Waals surface area contributed by atoms with Gasteiger partial charge in [0.15, 0.2) is 0 Å². The van der Waals surface area contributed by atoms with Crippen molar-refractivity contribution in [3.05, 3.63) is 71.9 Å². The molecule has 0 unspecified atom stereocenters. The zero-order valence-electron chi connectivity index (χ0n) is 13.8. The molecule has 134 valence electrons. The number of hydrogen-bond acceptors (Lipinski definition) is 5. The number of sulfonamides is 1. The predicted molar refractivity (Wildman–Crippen MR) is 103 cm³/mol. The largest absolute Gasteiger partial charge is 0.497 e. The van der Waals surface area contributed by atoms with Crippen LogP contribution in [0, 0.1) is 0 Å². The number of nitrogens with zero attached hydrogens (tertiary/aromatic N) is 1. The molecule has 1 aromatic heterocycles. The van der Waals surface area contributed by atoms with Gasteiger partial charge in [-0.1, -0.05) is 17.7 Å². The fraction of sp³-hybridized carbons (Fsp3) is 0.0556. The van der Waals surface area contributed by atoms with Crippen LogP contribution in [0.25, 0.3) is 0 Å². The molecule has 0 spiro atoms. The number of methoxy groups -OCH3 is 1. The molecular formula is C18H16ClN3O3S. The maximum Gasteiger partial charge on any atom is 0.261 e. The van der Waals surface area contributed by atoms with Gasteiger partial charge in [0.25, 0.3) is 10.0 Å². The molecule has 0 radical (unpaired) electrons. The lowest BCUT2D eigenvalue weighted by Crippen LogP contribution is -2.13. The summed E-state index contributed by atoms with van der Waals surface area (Å²) < 4.78 is 32.3. The Kier molecular flexibility index (Phi) is 5.29. The molecule has 3 rings (SSSR count). The minimum atomic E-state index is -3.72. The molecule has 0 saturated carbocycles. The quantitative estimate of drug-likeness (QED) is 0.657. The second kappa shape index (κ2) is 7.63. The van der Waals surface area contributed by atoms with Crippen molar-refractivity contribution in [1.29, 1.82) is 0 Å². The third kappa shape index (κ3) is 4.44. The Bertz CT molecular complexity index is 991. The smallest absolute Gasteiger partial charge is 0.261 e. The van der Waals surface area contributed by atoms with E-state index < -0.39 is 10.0 Å². The molecule has 1 heterocycles. The van der Waals surface area contributed by atoms with Gasteiger partial charge in [0, 0.05) is 10.7 Å². The standard InChI is InChI=1S/C18H16ClN3O3S/c1-25-16-8-5-14(6-9-16)21-18-10-7-15(12-20-18)22-26(23,24)17-4-2-3-13(19)11-17/h2-12,22H,1H3,(H,20,21). The van der Waals surface area contributed by atoms with Gasteiger partial charge in [0.05, 0.1) is 23.9 Å². The predicted octanol–water partition coefficient (Wildman–Crippen LogP) is 4.29. The Morgan fingerprint density at radius 2 is 1.73 bits per heavy atom. The zero-order valence-corrected chi connectivity index (χ0v) is 15.4. The first-order chi connectivity index (χ1) is 12.5. The maximum atomic E-state index is 12.4. The third-order valence-electron chi connectivity index (χ3n) is 3.48. The van der Waals surface area contributed by atoms with Crippen LogP contribution in [-0.4, -0.2) is 20.5 Å². The van der Waals surface area contributed by atoms with Crippen LogP contribution in [0.4, 0.5) is 17.2 Å². The molecule has 2 aromatic carbocycles. The zero-order chi connectivity index (χ0) is 18.6. The highest BCUT2D eigenvalue weighted by Gasteiger charge is 2.14. The highest BCUT2D eigenvalue weighted by molar-refractivity contribution is 7.92. The van der Waals surface area contributed by atoms with Crippen LogP contribution >= 0.6 is 11.6 Å². The second-order valence-corrected chi connectivity index (χ2v) is 7.47. The molecule has 0 amide bonds. The topological polar surface area (TPSA) is 80.3 Å². The van der Waals surface area contributed by atoms with Crippen molar-refractivity contribution in [3.63, 3.8) is 0 Å². The summed E-state index contributed by atoms with van der Waals surface area (Å²) in [5.74, 6) is 1.34. The normalized spacial score (nSPS) is 11.0.